The molecular formula is C23H26Br2F2O. The van der Waals surface area contributed by atoms with E-state index in [9.17, 15) is 13.6 Å². The quantitative estimate of drug-likeness (QED) is 0.326. The SMILES string of the molecule is CC(C)(CC(=O)CC(C)(C)C(Br)c1ccc(F)cc1)C(Br)c1ccc(F)cc1. The third-order valence-electron chi connectivity index (χ3n) is 5.00. The van der Waals surface area contributed by atoms with Gasteiger partial charge in [0.2, 0.25) is 0 Å². The molecule has 0 heterocycles. The fourth-order valence-electron chi connectivity index (χ4n) is 3.42. The van der Waals surface area contributed by atoms with Crippen molar-refractivity contribution in [1.82, 2.24) is 0 Å². The van der Waals surface area contributed by atoms with Gasteiger partial charge in [-0.2, -0.15) is 0 Å². The number of rotatable bonds is 8. The van der Waals surface area contributed by atoms with Gasteiger partial charge in [-0.05, 0) is 46.2 Å². The summed E-state index contributed by atoms with van der Waals surface area (Å²) in [5.41, 5.74) is 1.23. The Labute approximate surface area is 183 Å². The van der Waals surface area contributed by atoms with Crippen LogP contribution in [0.1, 0.15) is 61.3 Å². The van der Waals surface area contributed by atoms with E-state index in [-0.39, 0.29) is 37.9 Å². The Hall–Kier alpha value is -1.07. The predicted octanol–water partition coefficient (Wildman–Crippen LogP) is 7.94. The molecule has 0 bridgehead atoms. The molecule has 0 radical (unpaired) electrons. The average Bonchev–Trinajstić information content (AvgIpc) is 2.60. The molecule has 0 aliphatic heterocycles. The molecule has 0 saturated heterocycles. The van der Waals surface area contributed by atoms with Crippen LogP contribution in [0.2, 0.25) is 0 Å². The molecule has 5 heteroatoms. The zero-order chi connectivity index (χ0) is 21.1. The van der Waals surface area contributed by atoms with E-state index in [0.717, 1.165) is 11.1 Å². The Morgan fingerprint density at radius 3 is 1.32 bits per heavy atom. The van der Waals surface area contributed by atoms with E-state index < -0.39 is 0 Å². The highest BCUT2D eigenvalue weighted by atomic mass is 79.9. The molecule has 2 unspecified atom stereocenters. The molecule has 0 aliphatic carbocycles. The molecule has 2 aromatic rings. The number of hydrogen-bond donors (Lipinski definition) is 0. The second-order valence-electron chi connectivity index (χ2n) is 8.70. The van der Waals surface area contributed by atoms with Crippen molar-refractivity contribution in [1.29, 1.82) is 0 Å². The summed E-state index contributed by atoms with van der Waals surface area (Å²) in [7, 11) is 0. The summed E-state index contributed by atoms with van der Waals surface area (Å²) in [4.78, 5) is 12.8. The molecule has 2 atom stereocenters. The van der Waals surface area contributed by atoms with Gasteiger partial charge < -0.3 is 0 Å². The van der Waals surface area contributed by atoms with E-state index in [4.69, 9.17) is 0 Å². The van der Waals surface area contributed by atoms with Crippen LogP contribution in [0.25, 0.3) is 0 Å². The lowest BCUT2D eigenvalue weighted by atomic mass is 9.75. The van der Waals surface area contributed by atoms with Gasteiger partial charge in [0, 0.05) is 22.5 Å². The Balaban J connectivity index is 2.06. The molecule has 0 fully saturated rings. The summed E-state index contributed by atoms with van der Waals surface area (Å²) in [6.45, 7) is 8.14. The largest absolute Gasteiger partial charge is 0.300 e. The lowest BCUT2D eigenvalue weighted by molar-refractivity contribution is -0.122. The van der Waals surface area contributed by atoms with Gasteiger partial charge >= 0.3 is 0 Å². The third kappa shape index (κ3) is 5.96. The van der Waals surface area contributed by atoms with Gasteiger partial charge in [0.05, 0.1) is 0 Å². The molecule has 0 aromatic heterocycles. The van der Waals surface area contributed by atoms with Crippen LogP contribution in [-0.4, -0.2) is 5.78 Å². The maximum Gasteiger partial charge on any atom is 0.134 e. The minimum Gasteiger partial charge on any atom is -0.300 e. The Bertz CT molecular complexity index is 731. The van der Waals surface area contributed by atoms with Gasteiger partial charge in [0.15, 0.2) is 0 Å². The van der Waals surface area contributed by atoms with Crippen molar-refractivity contribution in [3.8, 4) is 0 Å². The topological polar surface area (TPSA) is 17.1 Å². The summed E-state index contributed by atoms with van der Waals surface area (Å²) < 4.78 is 26.4. The molecule has 2 aromatic carbocycles. The summed E-state index contributed by atoms with van der Waals surface area (Å²) in [6, 6.07) is 12.7. The molecule has 0 amide bonds. The van der Waals surface area contributed by atoms with Crippen LogP contribution in [0.3, 0.4) is 0 Å². The summed E-state index contributed by atoms with van der Waals surface area (Å²) in [5, 5.41) is 0. The summed E-state index contributed by atoms with van der Waals surface area (Å²) in [5.74, 6) is -0.389. The number of benzene rings is 2. The van der Waals surface area contributed by atoms with Crippen LogP contribution < -0.4 is 0 Å². The number of alkyl halides is 2. The smallest absolute Gasteiger partial charge is 0.134 e. The average molecular weight is 516 g/mol. The number of carbonyl (C=O) groups excluding carboxylic acids is 1. The van der Waals surface area contributed by atoms with Gasteiger partial charge in [-0.25, -0.2) is 8.78 Å². The Kier molecular flexibility index (Phi) is 7.60. The Morgan fingerprint density at radius 2 is 1.04 bits per heavy atom. The second kappa shape index (κ2) is 9.17. The number of ketones is 1. The molecule has 28 heavy (non-hydrogen) atoms. The standard InChI is InChI=1S/C23H26Br2F2O/c1-22(2,20(24)15-5-9-17(26)10-6-15)13-19(28)14-23(3,4)21(25)16-7-11-18(27)12-8-16/h5-12,20-21H,13-14H2,1-4H3. The minimum absolute atomic E-state index is 0.0653. The van der Waals surface area contributed by atoms with E-state index in [1.54, 1.807) is 24.3 Å². The third-order valence-corrected chi connectivity index (χ3v) is 8.54. The van der Waals surface area contributed by atoms with Crippen molar-refractivity contribution >= 4 is 37.6 Å². The first kappa shape index (κ1) is 23.2. The molecule has 0 N–H and O–H groups in total. The van der Waals surface area contributed by atoms with Crippen LogP contribution in [0, 0.1) is 22.5 Å². The molecule has 0 spiro atoms. The monoisotopic (exact) mass is 514 g/mol. The first-order valence-corrected chi connectivity index (χ1v) is 11.1. The van der Waals surface area contributed by atoms with Crippen LogP contribution in [0.4, 0.5) is 8.78 Å². The fourth-order valence-corrected chi connectivity index (χ4v) is 4.36. The van der Waals surface area contributed by atoms with Crippen LogP contribution in [0.5, 0.6) is 0 Å². The van der Waals surface area contributed by atoms with E-state index >= 15 is 0 Å². The summed E-state index contributed by atoms with van der Waals surface area (Å²) >= 11 is 7.39. The second-order valence-corrected chi connectivity index (χ2v) is 10.5. The van der Waals surface area contributed by atoms with Crippen LogP contribution in [-0.2, 0) is 4.79 Å². The van der Waals surface area contributed by atoms with Gasteiger partial charge in [-0.15, -0.1) is 0 Å². The number of Topliss-reactive ketones (excluding diaryl/α,β-unsaturated/α-hetero) is 1. The fraction of sp³-hybridized carbons (Fsp3) is 0.435. The van der Waals surface area contributed by atoms with Crippen molar-refractivity contribution in [3.05, 3.63) is 71.3 Å². The molecular weight excluding hydrogens is 490 g/mol. The van der Waals surface area contributed by atoms with E-state index in [1.807, 2.05) is 27.7 Å². The number of hydrogen-bond acceptors (Lipinski definition) is 1. The van der Waals surface area contributed by atoms with Crippen molar-refractivity contribution in [2.45, 2.75) is 50.2 Å². The normalized spacial score (nSPS) is 14.6. The van der Waals surface area contributed by atoms with Crippen molar-refractivity contribution in [2.24, 2.45) is 10.8 Å². The number of halogens is 4. The molecule has 2 rings (SSSR count). The summed E-state index contributed by atoms with van der Waals surface area (Å²) in [6.07, 6.45) is 0.791. The van der Waals surface area contributed by atoms with Gasteiger partial charge in [-0.3, -0.25) is 4.79 Å². The molecule has 152 valence electrons. The van der Waals surface area contributed by atoms with Gasteiger partial charge in [-0.1, -0.05) is 83.8 Å². The minimum atomic E-state index is -0.331. The first-order valence-electron chi connectivity index (χ1n) is 9.23. The highest BCUT2D eigenvalue weighted by molar-refractivity contribution is 9.09. The predicted molar refractivity (Wildman–Crippen MR) is 118 cm³/mol. The van der Waals surface area contributed by atoms with Crippen molar-refractivity contribution < 1.29 is 13.6 Å². The number of carbonyl (C=O) groups is 1. The van der Waals surface area contributed by atoms with Crippen LogP contribution in [0.15, 0.2) is 48.5 Å². The zero-order valence-corrected chi connectivity index (χ0v) is 19.8. The maximum absolute atomic E-state index is 13.2. The Morgan fingerprint density at radius 1 is 0.750 bits per heavy atom. The maximum atomic E-state index is 13.2. The zero-order valence-electron chi connectivity index (χ0n) is 16.6. The highest BCUT2D eigenvalue weighted by Crippen LogP contribution is 2.47. The van der Waals surface area contributed by atoms with E-state index in [2.05, 4.69) is 31.9 Å². The molecule has 1 nitrogen and oxygen atoms in total. The highest BCUT2D eigenvalue weighted by Gasteiger charge is 2.36. The van der Waals surface area contributed by atoms with Gasteiger partial charge in [0.25, 0.3) is 0 Å². The molecule has 0 saturated carbocycles. The van der Waals surface area contributed by atoms with Gasteiger partial charge in [0.1, 0.15) is 17.4 Å². The van der Waals surface area contributed by atoms with E-state index in [0.29, 0.717) is 12.8 Å². The lowest BCUT2D eigenvalue weighted by Crippen LogP contribution is -2.27. The van der Waals surface area contributed by atoms with Crippen LogP contribution >= 0.6 is 31.9 Å². The molecule has 0 aliphatic rings. The van der Waals surface area contributed by atoms with Crippen molar-refractivity contribution in [3.63, 3.8) is 0 Å². The van der Waals surface area contributed by atoms with Crippen molar-refractivity contribution in [2.75, 3.05) is 0 Å². The first-order chi connectivity index (χ1) is 12.9. The lowest BCUT2D eigenvalue weighted by Gasteiger charge is -2.34. The van der Waals surface area contributed by atoms with E-state index in [1.165, 1.54) is 24.3 Å².